The smallest absolute Gasteiger partial charge is 0.0701 e. The van der Waals surface area contributed by atoms with Gasteiger partial charge in [-0.1, -0.05) is 6.92 Å². The van der Waals surface area contributed by atoms with Crippen molar-refractivity contribution in [2.45, 2.75) is 39.2 Å². The van der Waals surface area contributed by atoms with Crippen molar-refractivity contribution in [2.75, 3.05) is 46.7 Å². The first-order valence-electron chi connectivity index (χ1n) is 6.69. The zero-order valence-electron chi connectivity index (χ0n) is 11.7. The molecule has 0 saturated carbocycles. The van der Waals surface area contributed by atoms with Gasteiger partial charge in [-0.05, 0) is 32.7 Å². The fraction of sp³-hybridized carbons (Fsp3) is 1.00. The zero-order valence-corrected chi connectivity index (χ0v) is 11.7. The number of unbranched alkanes of at least 4 members (excludes halogenated alkanes) is 1. The molecule has 0 radical (unpaired) electrons. The van der Waals surface area contributed by atoms with Crippen LogP contribution in [0.15, 0.2) is 0 Å². The van der Waals surface area contributed by atoms with Crippen molar-refractivity contribution in [3.05, 3.63) is 0 Å². The molecule has 1 N–H and O–H groups in total. The molecule has 0 saturated heterocycles. The van der Waals surface area contributed by atoms with E-state index in [1.54, 1.807) is 7.11 Å². The lowest BCUT2D eigenvalue weighted by molar-refractivity contribution is 0.0239. The van der Waals surface area contributed by atoms with Gasteiger partial charge in [0.1, 0.15) is 0 Å². The van der Waals surface area contributed by atoms with Crippen LogP contribution in [0.25, 0.3) is 0 Å². The van der Waals surface area contributed by atoms with E-state index in [9.17, 15) is 0 Å². The molecule has 0 heterocycles. The standard InChI is InChI=1S/C13H29NO3/c1-4-14-13(2)7-5-6-8-16-11-12-17-10-9-15-3/h13-14H,4-12H2,1-3H3. The third-order valence-electron chi connectivity index (χ3n) is 2.53. The van der Waals surface area contributed by atoms with Crippen LogP contribution >= 0.6 is 0 Å². The summed E-state index contributed by atoms with van der Waals surface area (Å²) in [5, 5.41) is 3.40. The maximum absolute atomic E-state index is 5.47. The van der Waals surface area contributed by atoms with Crippen LogP contribution < -0.4 is 5.32 Å². The van der Waals surface area contributed by atoms with Gasteiger partial charge in [0.25, 0.3) is 0 Å². The number of nitrogens with one attached hydrogen (secondary N) is 1. The van der Waals surface area contributed by atoms with Crippen LogP contribution in [0.2, 0.25) is 0 Å². The highest BCUT2D eigenvalue weighted by Gasteiger charge is 1.98. The second-order valence-corrected chi connectivity index (χ2v) is 4.17. The van der Waals surface area contributed by atoms with E-state index in [1.165, 1.54) is 12.8 Å². The maximum atomic E-state index is 5.47. The van der Waals surface area contributed by atoms with Crippen molar-refractivity contribution in [3.63, 3.8) is 0 Å². The first kappa shape index (κ1) is 16.8. The van der Waals surface area contributed by atoms with Gasteiger partial charge in [0, 0.05) is 19.8 Å². The van der Waals surface area contributed by atoms with Crippen LogP contribution in [0.1, 0.15) is 33.1 Å². The van der Waals surface area contributed by atoms with Crippen molar-refractivity contribution >= 4 is 0 Å². The first-order chi connectivity index (χ1) is 8.31. The van der Waals surface area contributed by atoms with Crippen molar-refractivity contribution in [2.24, 2.45) is 0 Å². The van der Waals surface area contributed by atoms with Gasteiger partial charge in [-0.3, -0.25) is 0 Å². The number of ether oxygens (including phenoxy) is 3. The number of hydrogen-bond acceptors (Lipinski definition) is 4. The minimum absolute atomic E-state index is 0.623. The van der Waals surface area contributed by atoms with Gasteiger partial charge in [0.15, 0.2) is 0 Å². The van der Waals surface area contributed by atoms with Crippen LogP contribution in [-0.2, 0) is 14.2 Å². The van der Waals surface area contributed by atoms with Crippen LogP contribution in [-0.4, -0.2) is 52.7 Å². The monoisotopic (exact) mass is 247 g/mol. The molecule has 0 fully saturated rings. The van der Waals surface area contributed by atoms with E-state index in [4.69, 9.17) is 14.2 Å². The summed E-state index contributed by atoms with van der Waals surface area (Å²) in [6, 6.07) is 0.623. The Hall–Kier alpha value is -0.160. The molecule has 1 atom stereocenters. The van der Waals surface area contributed by atoms with Crippen molar-refractivity contribution in [1.29, 1.82) is 0 Å². The molecule has 0 aliphatic rings. The van der Waals surface area contributed by atoms with Gasteiger partial charge in [0.2, 0.25) is 0 Å². The summed E-state index contributed by atoms with van der Waals surface area (Å²) in [5.74, 6) is 0. The van der Waals surface area contributed by atoms with Gasteiger partial charge in [-0.2, -0.15) is 0 Å². The van der Waals surface area contributed by atoms with Gasteiger partial charge >= 0.3 is 0 Å². The topological polar surface area (TPSA) is 39.7 Å². The van der Waals surface area contributed by atoms with E-state index >= 15 is 0 Å². The molecule has 0 aliphatic heterocycles. The molecule has 0 bridgehead atoms. The minimum atomic E-state index is 0.623. The SMILES string of the molecule is CCNC(C)CCCCOCCOCCOC. The fourth-order valence-electron chi connectivity index (χ4n) is 1.57. The molecule has 4 nitrogen and oxygen atoms in total. The zero-order chi connectivity index (χ0) is 12.8. The maximum Gasteiger partial charge on any atom is 0.0701 e. The summed E-state index contributed by atoms with van der Waals surface area (Å²) in [5.41, 5.74) is 0. The van der Waals surface area contributed by atoms with E-state index in [0.29, 0.717) is 32.5 Å². The highest BCUT2D eigenvalue weighted by molar-refractivity contribution is 4.58. The van der Waals surface area contributed by atoms with E-state index in [0.717, 1.165) is 19.6 Å². The molecule has 0 aliphatic carbocycles. The third-order valence-corrected chi connectivity index (χ3v) is 2.53. The van der Waals surface area contributed by atoms with Gasteiger partial charge < -0.3 is 19.5 Å². The Labute approximate surface area is 106 Å². The van der Waals surface area contributed by atoms with Crippen LogP contribution in [0.3, 0.4) is 0 Å². The van der Waals surface area contributed by atoms with Crippen LogP contribution in [0, 0.1) is 0 Å². The fourth-order valence-corrected chi connectivity index (χ4v) is 1.57. The second-order valence-electron chi connectivity index (χ2n) is 4.17. The lowest BCUT2D eigenvalue weighted by atomic mass is 10.1. The molecule has 1 unspecified atom stereocenters. The minimum Gasteiger partial charge on any atom is -0.382 e. The van der Waals surface area contributed by atoms with Crippen molar-refractivity contribution in [1.82, 2.24) is 5.32 Å². The predicted octanol–water partition coefficient (Wildman–Crippen LogP) is 1.83. The number of rotatable bonds is 13. The van der Waals surface area contributed by atoms with Crippen molar-refractivity contribution < 1.29 is 14.2 Å². The van der Waals surface area contributed by atoms with Gasteiger partial charge in [-0.15, -0.1) is 0 Å². The molecule has 17 heavy (non-hydrogen) atoms. The summed E-state index contributed by atoms with van der Waals surface area (Å²) in [6.07, 6.45) is 3.58. The molecule has 0 aromatic carbocycles. The Balaban J connectivity index is 2.98. The molecule has 0 aromatic heterocycles. The average Bonchev–Trinajstić information content (AvgIpc) is 2.32. The lowest BCUT2D eigenvalue weighted by Crippen LogP contribution is -2.25. The molecule has 0 rings (SSSR count). The van der Waals surface area contributed by atoms with E-state index in [1.807, 2.05) is 0 Å². The van der Waals surface area contributed by atoms with E-state index in [2.05, 4.69) is 19.2 Å². The van der Waals surface area contributed by atoms with Crippen LogP contribution in [0.5, 0.6) is 0 Å². The molecule has 104 valence electrons. The lowest BCUT2D eigenvalue weighted by Gasteiger charge is -2.11. The summed E-state index contributed by atoms with van der Waals surface area (Å²) < 4.78 is 15.6. The Morgan fingerprint density at radius 3 is 2.24 bits per heavy atom. The summed E-state index contributed by atoms with van der Waals surface area (Å²) in [6.45, 7) is 8.92. The molecule has 0 spiro atoms. The highest BCUT2D eigenvalue weighted by Crippen LogP contribution is 2.00. The predicted molar refractivity (Wildman–Crippen MR) is 70.5 cm³/mol. The molecular formula is C13H29NO3. The molecular weight excluding hydrogens is 218 g/mol. The van der Waals surface area contributed by atoms with E-state index < -0.39 is 0 Å². The first-order valence-corrected chi connectivity index (χ1v) is 6.69. The normalized spacial score (nSPS) is 12.9. The summed E-state index contributed by atoms with van der Waals surface area (Å²) in [7, 11) is 1.67. The Morgan fingerprint density at radius 1 is 0.941 bits per heavy atom. The molecule has 0 amide bonds. The quantitative estimate of drug-likeness (QED) is 0.504. The number of methoxy groups -OCH3 is 1. The molecule has 0 aromatic rings. The largest absolute Gasteiger partial charge is 0.382 e. The second kappa shape index (κ2) is 13.9. The number of hydrogen-bond donors (Lipinski definition) is 1. The van der Waals surface area contributed by atoms with Gasteiger partial charge in [-0.25, -0.2) is 0 Å². The highest BCUT2D eigenvalue weighted by atomic mass is 16.5. The summed E-state index contributed by atoms with van der Waals surface area (Å²) >= 11 is 0. The third kappa shape index (κ3) is 13.8. The van der Waals surface area contributed by atoms with Crippen LogP contribution in [0.4, 0.5) is 0 Å². The van der Waals surface area contributed by atoms with Gasteiger partial charge in [0.05, 0.1) is 26.4 Å². The Morgan fingerprint density at radius 2 is 1.59 bits per heavy atom. The Kier molecular flexibility index (Phi) is 13.8. The Bertz CT molecular complexity index is 145. The molecule has 4 heteroatoms. The van der Waals surface area contributed by atoms with Crippen molar-refractivity contribution in [3.8, 4) is 0 Å². The average molecular weight is 247 g/mol. The summed E-state index contributed by atoms with van der Waals surface area (Å²) in [4.78, 5) is 0. The van der Waals surface area contributed by atoms with E-state index in [-0.39, 0.29) is 0 Å².